The molecular weight excluding hydrogens is 218 g/mol. The zero-order chi connectivity index (χ0) is 12.6. The van der Waals surface area contributed by atoms with E-state index in [4.69, 9.17) is 5.73 Å². The first-order valence-electron chi connectivity index (χ1n) is 5.39. The molecule has 3 amide bonds. The molecule has 3 N–H and O–H groups in total. The molecule has 1 aromatic carbocycles. The molecule has 2 rings (SSSR count). The number of nitrogens with one attached hydrogen (secondary N) is 1. The molecule has 1 fully saturated rings. The van der Waals surface area contributed by atoms with Gasteiger partial charge >= 0.3 is 6.03 Å². The first kappa shape index (κ1) is 11.4. The Morgan fingerprint density at radius 1 is 1.35 bits per heavy atom. The maximum atomic E-state index is 11.9. The Morgan fingerprint density at radius 3 is 2.59 bits per heavy atom. The Hall–Kier alpha value is -2.04. The van der Waals surface area contributed by atoms with Crippen LogP contribution in [0.15, 0.2) is 24.3 Å². The van der Waals surface area contributed by atoms with Gasteiger partial charge in [-0.15, -0.1) is 0 Å². The van der Waals surface area contributed by atoms with E-state index < -0.39 is 5.54 Å². The van der Waals surface area contributed by atoms with Crippen molar-refractivity contribution in [2.45, 2.75) is 25.9 Å². The maximum Gasteiger partial charge on any atom is 0.325 e. The second-order valence-corrected chi connectivity index (χ2v) is 4.69. The highest BCUT2D eigenvalue weighted by Crippen LogP contribution is 2.19. The second-order valence-electron chi connectivity index (χ2n) is 4.69. The maximum absolute atomic E-state index is 11.9. The minimum absolute atomic E-state index is 0.218. The molecular formula is C12H15N3O2. The number of nitrogens with two attached hydrogens (primary N) is 1. The lowest BCUT2D eigenvalue weighted by molar-refractivity contribution is -0.130. The van der Waals surface area contributed by atoms with Crippen LogP contribution in [0, 0.1) is 0 Å². The standard InChI is InChI=1S/C12H15N3O2/c1-12(2)10(16)15(11(17)14-12)7-8-4-3-5-9(13)6-8/h3-6H,7,13H2,1-2H3,(H,14,17). The number of benzene rings is 1. The Kier molecular flexibility index (Phi) is 2.53. The third kappa shape index (κ3) is 2.08. The number of urea groups is 1. The van der Waals surface area contributed by atoms with Gasteiger partial charge in [0.1, 0.15) is 5.54 Å². The third-order valence-electron chi connectivity index (χ3n) is 2.74. The summed E-state index contributed by atoms with van der Waals surface area (Å²) in [7, 11) is 0. The Balaban J connectivity index is 2.20. The van der Waals surface area contributed by atoms with Crippen molar-refractivity contribution in [3.63, 3.8) is 0 Å². The van der Waals surface area contributed by atoms with E-state index in [1.54, 1.807) is 32.0 Å². The quantitative estimate of drug-likeness (QED) is 0.593. The van der Waals surface area contributed by atoms with Gasteiger partial charge in [0.05, 0.1) is 6.54 Å². The van der Waals surface area contributed by atoms with E-state index in [2.05, 4.69) is 5.32 Å². The average Bonchev–Trinajstić information content (AvgIpc) is 2.41. The number of amides is 3. The van der Waals surface area contributed by atoms with E-state index in [1.165, 1.54) is 4.90 Å². The molecule has 1 saturated heterocycles. The van der Waals surface area contributed by atoms with Crippen LogP contribution in [-0.4, -0.2) is 22.4 Å². The van der Waals surface area contributed by atoms with Crippen LogP contribution in [0.4, 0.5) is 10.5 Å². The molecule has 90 valence electrons. The van der Waals surface area contributed by atoms with E-state index in [0.29, 0.717) is 5.69 Å². The van der Waals surface area contributed by atoms with Gasteiger partial charge in [0, 0.05) is 5.69 Å². The summed E-state index contributed by atoms with van der Waals surface area (Å²) in [5, 5.41) is 2.63. The first-order valence-corrected chi connectivity index (χ1v) is 5.39. The number of anilines is 1. The molecule has 0 atom stereocenters. The van der Waals surface area contributed by atoms with Gasteiger partial charge < -0.3 is 11.1 Å². The summed E-state index contributed by atoms with van der Waals surface area (Å²) in [5.41, 5.74) is 6.29. The number of carbonyl (C=O) groups excluding carboxylic acids is 2. The Bertz CT molecular complexity index is 482. The van der Waals surface area contributed by atoms with Gasteiger partial charge in [0.25, 0.3) is 5.91 Å². The van der Waals surface area contributed by atoms with Crippen molar-refractivity contribution in [3.8, 4) is 0 Å². The van der Waals surface area contributed by atoms with Crippen molar-refractivity contribution in [1.29, 1.82) is 0 Å². The lowest BCUT2D eigenvalue weighted by Gasteiger charge is -2.16. The molecule has 0 aliphatic carbocycles. The van der Waals surface area contributed by atoms with Crippen molar-refractivity contribution in [3.05, 3.63) is 29.8 Å². The zero-order valence-electron chi connectivity index (χ0n) is 9.86. The van der Waals surface area contributed by atoms with Crippen molar-refractivity contribution < 1.29 is 9.59 Å². The molecule has 0 aromatic heterocycles. The summed E-state index contributed by atoms with van der Waals surface area (Å²) in [6, 6.07) is 6.80. The van der Waals surface area contributed by atoms with Crippen LogP contribution in [0.5, 0.6) is 0 Å². The fraction of sp³-hybridized carbons (Fsp3) is 0.333. The molecule has 0 bridgehead atoms. The van der Waals surface area contributed by atoms with E-state index in [1.807, 2.05) is 6.07 Å². The van der Waals surface area contributed by atoms with Crippen LogP contribution in [0.2, 0.25) is 0 Å². The molecule has 1 aromatic rings. The number of rotatable bonds is 2. The van der Waals surface area contributed by atoms with Gasteiger partial charge in [0.2, 0.25) is 0 Å². The van der Waals surface area contributed by atoms with Crippen LogP contribution in [0.3, 0.4) is 0 Å². The smallest absolute Gasteiger partial charge is 0.325 e. The lowest BCUT2D eigenvalue weighted by atomic mass is 10.1. The van der Waals surface area contributed by atoms with Gasteiger partial charge in [-0.1, -0.05) is 12.1 Å². The summed E-state index contributed by atoms with van der Waals surface area (Å²) in [6.45, 7) is 3.62. The fourth-order valence-corrected chi connectivity index (χ4v) is 1.84. The highest BCUT2D eigenvalue weighted by atomic mass is 16.2. The number of nitrogen functional groups attached to an aromatic ring is 1. The zero-order valence-corrected chi connectivity index (χ0v) is 9.86. The number of nitrogens with zero attached hydrogens (tertiary/aromatic N) is 1. The third-order valence-corrected chi connectivity index (χ3v) is 2.74. The number of imide groups is 1. The van der Waals surface area contributed by atoms with E-state index in [-0.39, 0.29) is 18.5 Å². The van der Waals surface area contributed by atoms with Gasteiger partial charge in [-0.25, -0.2) is 4.79 Å². The number of hydrogen-bond acceptors (Lipinski definition) is 3. The molecule has 0 unspecified atom stereocenters. The van der Waals surface area contributed by atoms with E-state index >= 15 is 0 Å². The molecule has 1 aliphatic heterocycles. The van der Waals surface area contributed by atoms with E-state index in [9.17, 15) is 9.59 Å². The van der Waals surface area contributed by atoms with Crippen molar-refractivity contribution in [2.24, 2.45) is 0 Å². The van der Waals surface area contributed by atoms with E-state index in [0.717, 1.165) is 5.56 Å². The topological polar surface area (TPSA) is 75.4 Å². The predicted molar refractivity (Wildman–Crippen MR) is 64.0 cm³/mol. The van der Waals surface area contributed by atoms with Crippen molar-refractivity contribution >= 4 is 17.6 Å². The summed E-state index contributed by atoms with van der Waals surface area (Å²) in [5.74, 6) is -0.218. The van der Waals surface area contributed by atoms with Crippen LogP contribution in [0.25, 0.3) is 0 Å². The molecule has 1 heterocycles. The van der Waals surface area contributed by atoms with Crippen molar-refractivity contribution in [1.82, 2.24) is 10.2 Å². The minimum Gasteiger partial charge on any atom is -0.399 e. The van der Waals surface area contributed by atoms with Crippen LogP contribution in [0.1, 0.15) is 19.4 Å². The van der Waals surface area contributed by atoms with Gasteiger partial charge in [-0.3, -0.25) is 9.69 Å². The predicted octanol–water partition coefficient (Wildman–Crippen LogP) is 1.10. The summed E-state index contributed by atoms with van der Waals surface area (Å²) < 4.78 is 0. The molecule has 0 spiro atoms. The highest BCUT2D eigenvalue weighted by Gasteiger charge is 2.43. The first-order chi connectivity index (χ1) is 7.90. The monoisotopic (exact) mass is 233 g/mol. The van der Waals surface area contributed by atoms with Crippen LogP contribution < -0.4 is 11.1 Å². The molecule has 1 aliphatic rings. The number of hydrogen-bond donors (Lipinski definition) is 2. The van der Waals surface area contributed by atoms with Gasteiger partial charge in [0.15, 0.2) is 0 Å². The lowest BCUT2D eigenvalue weighted by Crippen LogP contribution is -2.40. The molecule has 0 radical (unpaired) electrons. The molecule has 17 heavy (non-hydrogen) atoms. The highest BCUT2D eigenvalue weighted by molar-refractivity contribution is 6.06. The van der Waals surface area contributed by atoms with Gasteiger partial charge in [-0.2, -0.15) is 0 Å². The normalized spacial score (nSPS) is 18.4. The molecule has 5 heteroatoms. The van der Waals surface area contributed by atoms with Crippen LogP contribution in [-0.2, 0) is 11.3 Å². The Labute approximate surface area is 99.6 Å². The Morgan fingerprint density at radius 2 is 2.06 bits per heavy atom. The number of carbonyl (C=O) groups is 2. The summed E-state index contributed by atoms with van der Waals surface area (Å²) in [4.78, 5) is 24.8. The van der Waals surface area contributed by atoms with Crippen molar-refractivity contribution in [2.75, 3.05) is 5.73 Å². The summed E-state index contributed by atoms with van der Waals surface area (Å²) >= 11 is 0. The average molecular weight is 233 g/mol. The second kappa shape index (κ2) is 3.76. The summed E-state index contributed by atoms with van der Waals surface area (Å²) in [6.07, 6.45) is 0. The fourth-order valence-electron chi connectivity index (χ4n) is 1.84. The SMILES string of the molecule is CC1(C)NC(=O)N(Cc2cccc(N)c2)C1=O. The molecule has 5 nitrogen and oxygen atoms in total. The largest absolute Gasteiger partial charge is 0.399 e. The minimum atomic E-state index is -0.822. The van der Waals surface area contributed by atoms with Gasteiger partial charge in [-0.05, 0) is 31.5 Å². The van der Waals surface area contributed by atoms with Crippen LogP contribution >= 0.6 is 0 Å². The molecule has 0 saturated carbocycles.